The number of hydrogen-bond donors (Lipinski definition) is 0. The molecule has 0 aliphatic carbocycles. The fraction of sp³-hybridized carbons (Fsp3) is 0.125. The number of sulfone groups is 2. The summed E-state index contributed by atoms with van der Waals surface area (Å²) < 4.78 is 43.8. The molecule has 2 aromatic rings. The van der Waals surface area contributed by atoms with Crippen molar-refractivity contribution in [3.63, 3.8) is 0 Å². The van der Waals surface area contributed by atoms with Crippen LogP contribution in [0.15, 0.2) is 58.3 Å². The average Bonchev–Trinajstić information content (AvgIpc) is 2.54. The topological polar surface area (TPSA) is 109 Å². The molecule has 0 aliphatic heterocycles. The van der Waals surface area contributed by atoms with Gasteiger partial charge in [-0.25, -0.2) is 16.8 Å². The fourth-order valence-corrected chi connectivity index (χ4v) is 2.83. The predicted molar refractivity (Wildman–Crippen MR) is 89.2 cm³/mol. The minimum absolute atomic E-state index is 0.230. The van der Waals surface area contributed by atoms with Crippen molar-refractivity contribution in [3.8, 4) is 6.07 Å². The Bertz CT molecular complexity index is 953. The molecule has 126 valence electrons. The van der Waals surface area contributed by atoms with Gasteiger partial charge in [0.1, 0.15) is 6.29 Å². The highest BCUT2D eigenvalue weighted by Crippen LogP contribution is 2.09. The van der Waals surface area contributed by atoms with Gasteiger partial charge in [0.05, 0.1) is 21.4 Å². The van der Waals surface area contributed by atoms with Crippen molar-refractivity contribution in [1.29, 1.82) is 5.26 Å². The van der Waals surface area contributed by atoms with Crippen LogP contribution in [0, 0.1) is 11.3 Å². The van der Waals surface area contributed by atoms with Gasteiger partial charge in [0, 0.05) is 18.1 Å². The van der Waals surface area contributed by atoms with Crippen LogP contribution in [0.4, 0.5) is 0 Å². The maximum atomic E-state index is 10.9. The van der Waals surface area contributed by atoms with Crippen LogP contribution < -0.4 is 0 Å². The summed E-state index contributed by atoms with van der Waals surface area (Å²) in [5.74, 6) is 0. The van der Waals surface area contributed by atoms with E-state index in [-0.39, 0.29) is 9.79 Å². The largest absolute Gasteiger partial charge is 0.298 e. The van der Waals surface area contributed by atoms with Crippen LogP contribution in [0.3, 0.4) is 0 Å². The number of nitriles is 1. The lowest BCUT2D eigenvalue weighted by molar-refractivity contribution is 0.112. The summed E-state index contributed by atoms with van der Waals surface area (Å²) >= 11 is 0. The Morgan fingerprint density at radius 1 is 0.792 bits per heavy atom. The number of hydrogen-bond acceptors (Lipinski definition) is 6. The summed E-state index contributed by atoms with van der Waals surface area (Å²) in [5, 5.41) is 8.43. The van der Waals surface area contributed by atoms with Gasteiger partial charge < -0.3 is 0 Å². The molecule has 6 nitrogen and oxygen atoms in total. The van der Waals surface area contributed by atoms with E-state index in [1.807, 2.05) is 6.07 Å². The van der Waals surface area contributed by atoms with Gasteiger partial charge in [0.2, 0.25) is 0 Å². The molecule has 0 spiro atoms. The summed E-state index contributed by atoms with van der Waals surface area (Å²) in [7, 11) is -6.28. The first-order valence-corrected chi connectivity index (χ1v) is 10.3. The van der Waals surface area contributed by atoms with E-state index < -0.39 is 19.7 Å². The van der Waals surface area contributed by atoms with E-state index in [0.717, 1.165) is 12.5 Å². The highest BCUT2D eigenvalue weighted by Gasteiger charge is 2.05. The summed E-state index contributed by atoms with van der Waals surface area (Å²) in [4.78, 5) is 10.7. The van der Waals surface area contributed by atoms with E-state index >= 15 is 0 Å². The number of carbonyl (C=O) groups is 1. The molecule has 0 saturated heterocycles. The minimum atomic E-state index is -3.14. The Morgan fingerprint density at radius 2 is 1.17 bits per heavy atom. The Labute approximate surface area is 141 Å². The van der Waals surface area contributed by atoms with Crippen LogP contribution in [0.2, 0.25) is 0 Å². The number of rotatable bonds is 3. The first-order chi connectivity index (χ1) is 11.1. The third kappa shape index (κ3) is 5.95. The SMILES string of the molecule is CS(=O)(=O)c1ccc(C#N)cc1.CS(=O)(=O)c1ccc(C=O)cc1. The van der Waals surface area contributed by atoms with Crippen LogP contribution in [0.5, 0.6) is 0 Å². The molecular formula is C16H15NO5S2. The van der Waals surface area contributed by atoms with Gasteiger partial charge in [-0.1, -0.05) is 12.1 Å². The molecular weight excluding hydrogens is 350 g/mol. The second-order valence-corrected chi connectivity index (χ2v) is 8.90. The van der Waals surface area contributed by atoms with Crippen molar-refractivity contribution in [2.24, 2.45) is 0 Å². The van der Waals surface area contributed by atoms with Crippen LogP contribution in [-0.2, 0) is 19.7 Å². The van der Waals surface area contributed by atoms with Gasteiger partial charge in [0.25, 0.3) is 0 Å². The molecule has 0 amide bonds. The molecule has 0 N–H and O–H groups in total. The summed E-state index contributed by atoms with van der Waals surface area (Å²) in [6, 6.07) is 13.5. The number of nitrogens with zero attached hydrogens (tertiary/aromatic N) is 1. The zero-order chi connectivity index (χ0) is 18.4. The van der Waals surface area contributed by atoms with Crippen molar-refractivity contribution >= 4 is 26.0 Å². The van der Waals surface area contributed by atoms with Gasteiger partial charge in [-0.05, 0) is 36.4 Å². The number of benzene rings is 2. The van der Waals surface area contributed by atoms with Crippen LogP contribution in [0.1, 0.15) is 15.9 Å². The molecule has 8 heteroatoms. The zero-order valence-electron chi connectivity index (χ0n) is 13.0. The molecule has 2 rings (SSSR count). The van der Waals surface area contributed by atoms with Crippen molar-refractivity contribution in [1.82, 2.24) is 0 Å². The Kier molecular flexibility index (Phi) is 6.40. The van der Waals surface area contributed by atoms with E-state index in [0.29, 0.717) is 17.4 Å². The van der Waals surface area contributed by atoms with Gasteiger partial charge in [-0.3, -0.25) is 4.79 Å². The number of aldehydes is 1. The molecule has 2 aromatic carbocycles. The molecule has 0 radical (unpaired) electrons. The zero-order valence-corrected chi connectivity index (χ0v) is 14.6. The van der Waals surface area contributed by atoms with Crippen molar-refractivity contribution in [3.05, 3.63) is 59.7 Å². The molecule has 0 heterocycles. The minimum Gasteiger partial charge on any atom is -0.298 e. The molecule has 24 heavy (non-hydrogen) atoms. The summed E-state index contributed by atoms with van der Waals surface area (Å²) in [6.45, 7) is 0. The lowest BCUT2D eigenvalue weighted by atomic mass is 10.2. The van der Waals surface area contributed by atoms with E-state index in [9.17, 15) is 21.6 Å². The van der Waals surface area contributed by atoms with E-state index in [4.69, 9.17) is 5.26 Å². The average molecular weight is 365 g/mol. The standard InChI is InChI=1S/C8H7NO2S.C8H8O3S/c2*1-12(10,11)8-4-2-7(6-9)3-5-8/h2-5H,1H3;2-6H,1H3. The molecule has 0 aromatic heterocycles. The first kappa shape index (κ1) is 19.5. The Morgan fingerprint density at radius 3 is 1.46 bits per heavy atom. The van der Waals surface area contributed by atoms with E-state index in [2.05, 4.69) is 0 Å². The van der Waals surface area contributed by atoms with E-state index in [1.54, 1.807) is 0 Å². The van der Waals surface area contributed by atoms with Crippen LogP contribution >= 0.6 is 0 Å². The Hall–Kier alpha value is -2.50. The van der Waals surface area contributed by atoms with Gasteiger partial charge in [0.15, 0.2) is 19.7 Å². The van der Waals surface area contributed by atoms with Crippen LogP contribution in [0.25, 0.3) is 0 Å². The first-order valence-electron chi connectivity index (χ1n) is 6.53. The monoisotopic (exact) mass is 365 g/mol. The van der Waals surface area contributed by atoms with Crippen molar-refractivity contribution in [2.75, 3.05) is 12.5 Å². The highest BCUT2D eigenvalue weighted by atomic mass is 32.2. The smallest absolute Gasteiger partial charge is 0.175 e. The summed E-state index contributed by atoms with van der Waals surface area (Å²) in [6.07, 6.45) is 2.93. The van der Waals surface area contributed by atoms with E-state index in [1.165, 1.54) is 48.5 Å². The third-order valence-corrected chi connectivity index (χ3v) is 5.11. The highest BCUT2D eigenvalue weighted by molar-refractivity contribution is 7.91. The lowest BCUT2D eigenvalue weighted by Gasteiger charge is -1.96. The molecule has 0 aliphatic rings. The maximum Gasteiger partial charge on any atom is 0.175 e. The second kappa shape index (κ2) is 7.86. The normalized spacial score (nSPS) is 10.9. The summed E-state index contributed by atoms with van der Waals surface area (Å²) in [5.41, 5.74) is 0.935. The maximum absolute atomic E-state index is 10.9. The van der Waals surface area contributed by atoms with Crippen LogP contribution in [-0.4, -0.2) is 35.6 Å². The molecule has 0 atom stereocenters. The van der Waals surface area contributed by atoms with Gasteiger partial charge >= 0.3 is 0 Å². The predicted octanol–water partition coefficient (Wildman–Crippen LogP) is 1.86. The fourth-order valence-electron chi connectivity index (χ4n) is 1.57. The van der Waals surface area contributed by atoms with Gasteiger partial charge in [-0.15, -0.1) is 0 Å². The molecule has 0 bridgehead atoms. The molecule has 0 unspecified atom stereocenters. The molecule has 0 fully saturated rings. The molecule has 0 saturated carbocycles. The van der Waals surface area contributed by atoms with Gasteiger partial charge in [-0.2, -0.15) is 5.26 Å². The lowest BCUT2D eigenvalue weighted by Crippen LogP contribution is -1.96. The third-order valence-electron chi connectivity index (χ3n) is 2.86. The quantitative estimate of drug-likeness (QED) is 0.768. The number of carbonyl (C=O) groups excluding carboxylic acids is 1. The van der Waals surface area contributed by atoms with Crippen molar-refractivity contribution < 1.29 is 21.6 Å². The Balaban J connectivity index is 0.000000240. The second-order valence-electron chi connectivity index (χ2n) is 4.87. The van der Waals surface area contributed by atoms with Crippen molar-refractivity contribution in [2.45, 2.75) is 9.79 Å².